The number of anilines is 2. The van der Waals surface area contributed by atoms with Crippen molar-refractivity contribution in [3.8, 4) is 5.75 Å². The van der Waals surface area contributed by atoms with Crippen LogP contribution in [-0.4, -0.2) is 49.9 Å². The summed E-state index contributed by atoms with van der Waals surface area (Å²) in [5.41, 5.74) is 2.65. The maximum Gasteiger partial charge on any atom is 0.229 e. The van der Waals surface area contributed by atoms with Gasteiger partial charge in [-0.25, -0.2) is 9.67 Å². The summed E-state index contributed by atoms with van der Waals surface area (Å²) in [7, 11) is 3.52. The quantitative estimate of drug-likeness (QED) is 0.460. The van der Waals surface area contributed by atoms with E-state index in [1.165, 1.54) is 0 Å². The minimum Gasteiger partial charge on any atom is -0.491 e. The maximum absolute atomic E-state index is 5.73. The summed E-state index contributed by atoms with van der Waals surface area (Å²) in [5.74, 6) is 1.30. The number of hydrogen-bond acceptors (Lipinski definition) is 7. The predicted octanol–water partition coefficient (Wildman–Crippen LogP) is 2.94. The third-order valence-electron chi connectivity index (χ3n) is 4.56. The predicted molar refractivity (Wildman–Crippen MR) is 109 cm³/mol. The van der Waals surface area contributed by atoms with Crippen LogP contribution in [0.15, 0.2) is 49.1 Å². The first-order valence-corrected chi connectivity index (χ1v) is 9.31. The number of nitrogens with one attached hydrogen (secondary N) is 1. The van der Waals surface area contributed by atoms with E-state index >= 15 is 0 Å². The second kappa shape index (κ2) is 8.27. The summed E-state index contributed by atoms with van der Waals surface area (Å²) in [6, 6.07) is 7.95. The summed E-state index contributed by atoms with van der Waals surface area (Å²) < 4.78 is 14.4. The number of rotatable bonds is 8. The lowest BCUT2D eigenvalue weighted by atomic mass is 10.1. The molecule has 3 aromatic heterocycles. The van der Waals surface area contributed by atoms with Gasteiger partial charge in [0, 0.05) is 26.6 Å². The van der Waals surface area contributed by atoms with Crippen molar-refractivity contribution in [1.29, 1.82) is 0 Å². The van der Waals surface area contributed by atoms with E-state index in [0.717, 1.165) is 28.0 Å². The molecule has 9 nitrogen and oxygen atoms in total. The van der Waals surface area contributed by atoms with Crippen LogP contribution < -0.4 is 10.1 Å². The Morgan fingerprint density at radius 3 is 2.83 bits per heavy atom. The summed E-state index contributed by atoms with van der Waals surface area (Å²) in [6.45, 7) is 3.14. The lowest BCUT2D eigenvalue weighted by molar-refractivity contribution is 0.146. The van der Waals surface area contributed by atoms with Crippen molar-refractivity contribution in [1.82, 2.24) is 29.5 Å². The van der Waals surface area contributed by atoms with Crippen LogP contribution in [0.1, 0.15) is 18.5 Å². The van der Waals surface area contributed by atoms with Gasteiger partial charge in [-0.3, -0.25) is 4.68 Å². The monoisotopic (exact) mass is 393 g/mol. The number of ether oxygens (including phenoxy) is 2. The topological polar surface area (TPSA) is 91.9 Å². The lowest BCUT2D eigenvalue weighted by Crippen LogP contribution is -2.10. The van der Waals surface area contributed by atoms with Gasteiger partial charge in [0.1, 0.15) is 12.4 Å². The number of benzene rings is 1. The normalized spacial score (nSPS) is 12.2. The molecule has 0 spiro atoms. The van der Waals surface area contributed by atoms with Crippen LogP contribution >= 0.6 is 0 Å². The number of aryl methyl sites for hydroxylation is 1. The van der Waals surface area contributed by atoms with Crippen molar-refractivity contribution < 1.29 is 9.47 Å². The minimum absolute atomic E-state index is 0.0281. The van der Waals surface area contributed by atoms with Gasteiger partial charge in [0.05, 0.1) is 36.1 Å². The SMILES string of the molecule is COCCOc1cccc(C(C)n2ncc3cnc(Nc4cnn(C)c4)nc32)c1. The minimum atomic E-state index is -0.0281. The molecule has 0 aliphatic carbocycles. The smallest absolute Gasteiger partial charge is 0.229 e. The van der Waals surface area contributed by atoms with Crippen LogP contribution in [0.25, 0.3) is 11.0 Å². The van der Waals surface area contributed by atoms with Crippen molar-refractivity contribution in [2.45, 2.75) is 13.0 Å². The average Bonchev–Trinajstić information content (AvgIpc) is 3.33. The van der Waals surface area contributed by atoms with Crippen LogP contribution in [0.5, 0.6) is 5.75 Å². The van der Waals surface area contributed by atoms with Crippen LogP contribution in [-0.2, 0) is 11.8 Å². The van der Waals surface area contributed by atoms with Crippen LogP contribution in [0.4, 0.5) is 11.6 Å². The molecule has 0 aliphatic rings. The molecule has 0 fully saturated rings. The first-order valence-electron chi connectivity index (χ1n) is 9.31. The molecule has 1 aromatic carbocycles. The fourth-order valence-corrected chi connectivity index (χ4v) is 3.04. The van der Waals surface area contributed by atoms with E-state index in [4.69, 9.17) is 9.47 Å². The molecular weight excluding hydrogens is 370 g/mol. The summed E-state index contributed by atoms with van der Waals surface area (Å²) in [6.07, 6.45) is 7.13. The lowest BCUT2D eigenvalue weighted by Gasteiger charge is -2.15. The summed E-state index contributed by atoms with van der Waals surface area (Å²) >= 11 is 0. The maximum atomic E-state index is 5.73. The molecule has 1 atom stereocenters. The molecule has 0 bridgehead atoms. The zero-order valence-electron chi connectivity index (χ0n) is 16.6. The molecule has 0 amide bonds. The van der Waals surface area contributed by atoms with E-state index in [1.54, 1.807) is 30.4 Å². The second-order valence-corrected chi connectivity index (χ2v) is 6.68. The highest BCUT2D eigenvalue weighted by molar-refractivity contribution is 5.75. The zero-order chi connectivity index (χ0) is 20.2. The van der Waals surface area contributed by atoms with E-state index < -0.39 is 0 Å². The van der Waals surface area contributed by atoms with Gasteiger partial charge in [-0.2, -0.15) is 15.2 Å². The van der Waals surface area contributed by atoms with Crippen molar-refractivity contribution in [2.24, 2.45) is 7.05 Å². The van der Waals surface area contributed by atoms with Gasteiger partial charge in [-0.05, 0) is 24.6 Å². The fraction of sp³-hybridized carbons (Fsp3) is 0.300. The number of methoxy groups -OCH3 is 1. The fourth-order valence-electron chi connectivity index (χ4n) is 3.04. The highest BCUT2D eigenvalue weighted by Gasteiger charge is 2.15. The molecule has 0 aliphatic heterocycles. The van der Waals surface area contributed by atoms with E-state index in [2.05, 4.69) is 38.5 Å². The molecule has 3 heterocycles. The van der Waals surface area contributed by atoms with E-state index in [-0.39, 0.29) is 6.04 Å². The molecule has 0 radical (unpaired) electrons. The molecule has 1 unspecified atom stereocenters. The van der Waals surface area contributed by atoms with Gasteiger partial charge in [-0.1, -0.05) is 12.1 Å². The Bertz CT molecular complexity index is 1110. The Hall–Kier alpha value is -3.46. The third-order valence-corrected chi connectivity index (χ3v) is 4.56. The highest BCUT2D eigenvalue weighted by Crippen LogP contribution is 2.25. The average molecular weight is 393 g/mol. The first-order chi connectivity index (χ1) is 14.1. The first kappa shape index (κ1) is 18.9. The Labute approximate surface area is 168 Å². The molecule has 29 heavy (non-hydrogen) atoms. The molecule has 4 rings (SSSR count). The molecule has 0 saturated carbocycles. The summed E-state index contributed by atoms with van der Waals surface area (Å²) in [4.78, 5) is 9.03. The van der Waals surface area contributed by atoms with Gasteiger partial charge in [0.2, 0.25) is 5.95 Å². The molecule has 0 saturated heterocycles. The molecule has 150 valence electrons. The Morgan fingerprint density at radius 2 is 2.03 bits per heavy atom. The molecule has 1 N–H and O–H groups in total. The Morgan fingerprint density at radius 1 is 1.14 bits per heavy atom. The van der Waals surface area contributed by atoms with Gasteiger partial charge in [0.25, 0.3) is 0 Å². The van der Waals surface area contributed by atoms with Gasteiger partial charge < -0.3 is 14.8 Å². The van der Waals surface area contributed by atoms with Crippen molar-refractivity contribution in [3.63, 3.8) is 0 Å². The van der Waals surface area contributed by atoms with E-state index in [9.17, 15) is 0 Å². The summed E-state index contributed by atoms with van der Waals surface area (Å²) in [5, 5.41) is 12.7. The Kier molecular flexibility index (Phi) is 5.39. The third kappa shape index (κ3) is 4.19. The molecule has 4 aromatic rings. The molecular formula is C20H23N7O2. The van der Waals surface area contributed by atoms with Crippen molar-refractivity contribution in [2.75, 3.05) is 25.6 Å². The number of fused-ring (bicyclic) bond motifs is 1. The number of hydrogen-bond donors (Lipinski definition) is 1. The van der Waals surface area contributed by atoms with Gasteiger partial charge in [-0.15, -0.1) is 0 Å². The highest BCUT2D eigenvalue weighted by atomic mass is 16.5. The van der Waals surface area contributed by atoms with Crippen LogP contribution in [0, 0.1) is 0 Å². The van der Waals surface area contributed by atoms with E-state index in [1.807, 2.05) is 36.1 Å². The number of aromatic nitrogens is 6. The molecule has 9 heteroatoms. The van der Waals surface area contributed by atoms with Gasteiger partial charge in [0.15, 0.2) is 5.65 Å². The van der Waals surface area contributed by atoms with Crippen LogP contribution in [0.2, 0.25) is 0 Å². The standard InChI is InChI=1S/C20H23N7O2/c1-14(15-5-4-6-18(9-15)29-8-7-28-3)27-19-16(11-23-27)10-21-20(25-19)24-17-12-22-26(2)13-17/h4-6,9-14H,7-8H2,1-3H3,(H,21,24,25). The van der Waals surface area contributed by atoms with Crippen molar-refractivity contribution >= 4 is 22.7 Å². The van der Waals surface area contributed by atoms with Crippen LogP contribution in [0.3, 0.4) is 0 Å². The largest absolute Gasteiger partial charge is 0.491 e. The van der Waals surface area contributed by atoms with Gasteiger partial charge >= 0.3 is 0 Å². The van der Waals surface area contributed by atoms with E-state index in [0.29, 0.717) is 19.2 Å². The zero-order valence-corrected chi connectivity index (χ0v) is 16.6. The Balaban J connectivity index is 1.59. The van der Waals surface area contributed by atoms with Crippen molar-refractivity contribution in [3.05, 3.63) is 54.6 Å². The second-order valence-electron chi connectivity index (χ2n) is 6.68. The number of nitrogens with zero attached hydrogens (tertiary/aromatic N) is 6.